The molecule has 0 bridgehead atoms. The van der Waals surface area contributed by atoms with E-state index >= 15 is 0 Å². The minimum atomic E-state index is 0.282. The lowest BCUT2D eigenvalue weighted by Gasteiger charge is -2.39. The van der Waals surface area contributed by atoms with E-state index in [0.29, 0.717) is 0 Å². The summed E-state index contributed by atoms with van der Waals surface area (Å²) < 4.78 is 5.89. The molecule has 92 valence electrons. The molecule has 0 saturated carbocycles. The molecular formula is C15H21NO. The molecule has 1 aromatic rings. The van der Waals surface area contributed by atoms with E-state index in [9.17, 15) is 0 Å². The van der Waals surface area contributed by atoms with E-state index < -0.39 is 0 Å². The second-order valence-electron chi connectivity index (χ2n) is 5.44. The Morgan fingerprint density at radius 1 is 1.35 bits per heavy atom. The highest BCUT2D eigenvalue weighted by atomic mass is 16.5. The lowest BCUT2D eigenvalue weighted by molar-refractivity contribution is 0.123. The van der Waals surface area contributed by atoms with Gasteiger partial charge in [0.25, 0.3) is 0 Å². The van der Waals surface area contributed by atoms with Crippen molar-refractivity contribution in [1.29, 1.82) is 0 Å². The van der Waals surface area contributed by atoms with Crippen molar-refractivity contribution < 1.29 is 4.74 Å². The second kappa shape index (κ2) is 4.34. The van der Waals surface area contributed by atoms with Gasteiger partial charge >= 0.3 is 0 Å². The van der Waals surface area contributed by atoms with E-state index in [-0.39, 0.29) is 5.41 Å². The van der Waals surface area contributed by atoms with Crippen LogP contribution in [0.5, 0.6) is 5.75 Å². The van der Waals surface area contributed by atoms with Crippen LogP contribution >= 0.6 is 0 Å². The predicted molar refractivity (Wildman–Crippen MR) is 69.6 cm³/mol. The molecule has 1 fully saturated rings. The third-order valence-corrected chi connectivity index (χ3v) is 4.16. The highest BCUT2D eigenvalue weighted by Crippen LogP contribution is 2.44. The smallest absolute Gasteiger partial charge is 0.123 e. The van der Waals surface area contributed by atoms with Gasteiger partial charge in [0.15, 0.2) is 0 Å². The number of likely N-dealkylation sites (tertiary alicyclic amines) is 1. The van der Waals surface area contributed by atoms with Gasteiger partial charge in [-0.1, -0.05) is 25.1 Å². The van der Waals surface area contributed by atoms with Crippen LogP contribution in [0.3, 0.4) is 0 Å². The van der Waals surface area contributed by atoms with Crippen molar-refractivity contribution >= 4 is 0 Å². The molecule has 2 heterocycles. The van der Waals surface area contributed by atoms with Gasteiger partial charge in [-0.05, 0) is 38.4 Å². The van der Waals surface area contributed by atoms with E-state index in [2.05, 4.69) is 36.1 Å². The van der Waals surface area contributed by atoms with Crippen molar-refractivity contribution in [2.24, 2.45) is 0 Å². The standard InChI is InChI=1S/C15H21NO/c1-2-9-16-10-5-8-15(11-16)12-17-14-7-4-3-6-13(14)15/h3-4,6-7H,2,5,8-12H2,1H3. The summed E-state index contributed by atoms with van der Waals surface area (Å²) in [5, 5.41) is 0. The van der Waals surface area contributed by atoms with E-state index in [1.54, 1.807) is 0 Å². The highest BCUT2D eigenvalue weighted by molar-refractivity contribution is 5.44. The van der Waals surface area contributed by atoms with Crippen LogP contribution in [0.2, 0.25) is 0 Å². The molecule has 1 spiro atoms. The van der Waals surface area contributed by atoms with Gasteiger partial charge in [0.2, 0.25) is 0 Å². The average molecular weight is 231 g/mol. The van der Waals surface area contributed by atoms with Gasteiger partial charge in [-0.15, -0.1) is 0 Å². The Labute approximate surface area is 104 Å². The molecular weight excluding hydrogens is 210 g/mol. The molecule has 2 aliphatic rings. The Balaban J connectivity index is 1.87. The van der Waals surface area contributed by atoms with Crippen LogP contribution in [0.4, 0.5) is 0 Å². The fraction of sp³-hybridized carbons (Fsp3) is 0.600. The molecule has 0 amide bonds. The highest BCUT2D eigenvalue weighted by Gasteiger charge is 2.43. The summed E-state index contributed by atoms with van der Waals surface area (Å²) in [6, 6.07) is 8.60. The normalized spacial score (nSPS) is 28.1. The molecule has 1 atom stereocenters. The largest absolute Gasteiger partial charge is 0.492 e. The van der Waals surface area contributed by atoms with Gasteiger partial charge in [0.1, 0.15) is 5.75 Å². The number of hydrogen-bond donors (Lipinski definition) is 0. The fourth-order valence-electron chi connectivity index (χ4n) is 3.40. The third kappa shape index (κ3) is 1.85. The molecule has 2 aliphatic heterocycles. The van der Waals surface area contributed by atoms with Crippen LogP contribution < -0.4 is 4.74 Å². The summed E-state index contributed by atoms with van der Waals surface area (Å²) in [6.07, 6.45) is 3.83. The summed E-state index contributed by atoms with van der Waals surface area (Å²) in [6.45, 7) is 6.81. The molecule has 1 saturated heterocycles. The first kappa shape index (κ1) is 11.1. The average Bonchev–Trinajstić information content (AvgIpc) is 2.70. The Kier molecular flexibility index (Phi) is 2.83. The van der Waals surface area contributed by atoms with Gasteiger partial charge in [-0.3, -0.25) is 0 Å². The quantitative estimate of drug-likeness (QED) is 0.776. The maximum absolute atomic E-state index is 5.89. The minimum absolute atomic E-state index is 0.282. The SMILES string of the molecule is CCCN1CCCC2(COc3ccccc32)C1. The lowest BCUT2D eigenvalue weighted by Crippen LogP contribution is -2.47. The maximum Gasteiger partial charge on any atom is 0.123 e. The molecule has 2 heteroatoms. The monoisotopic (exact) mass is 231 g/mol. The first-order chi connectivity index (χ1) is 8.34. The van der Waals surface area contributed by atoms with E-state index in [0.717, 1.165) is 12.4 Å². The number of nitrogens with zero attached hydrogens (tertiary/aromatic N) is 1. The summed E-state index contributed by atoms with van der Waals surface area (Å²) in [7, 11) is 0. The summed E-state index contributed by atoms with van der Waals surface area (Å²) in [5.41, 5.74) is 1.73. The number of fused-ring (bicyclic) bond motifs is 2. The van der Waals surface area contributed by atoms with E-state index in [4.69, 9.17) is 4.74 Å². The number of benzene rings is 1. The van der Waals surface area contributed by atoms with Crippen molar-refractivity contribution in [2.75, 3.05) is 26.2 Å². The van der Waals surface area contributed by atoms with Crippen molar-refractivity contribution in [3.05, 3.63) is 29.8 Å². The number of rotatable bonds is 2. The molecule has 1 aromatic carbocycles. The lowest BCUT2D eigenvalue weighted by atomic mass is 9.76. The Morgan fingerprint density at radius 2 is 2.24 bits per heavy atom. The van der Waals surface area contributed by atoms with E-state index in [1.165, 1.54) is 44.5 Å². The maximum atomic E-state index is 5.89. The van der Waals surface area contributed by atoms with Gasteiger partial charge in [0.05, 0.1) is 6.61 Å². The molecule has 2 nitrogen and oxygen atoms in total. The second-order valence-corrected chi connectivity index (χ2v) is 5.44. The topological polar surface area (TPSA) is 12.5 Å². The molecule has 1 unspecified atom stereocenters. The summed E-state index contributed by atoms with van der Waals surface area (Å²) >= 11 is 0. The Bertz CT molecular complexity index is 398. The zero-order valence-electron chi connectivity index (χ0n) is 10.6. The minimum Gasteiger partial charge on any atom is -0.492 e. The van der Waals surface area contributed by atoms with Crippen LogP contribution in [0, 0.1) is 0 Å². The zero-order valence-corrected chi connectivity index (χ0v) is 10.6. The van der Waals surface area contributed by atoms with Crippen molar-refractivity contribution in [1.82, 2.24) is 4.90 Å². The fourth-order valence-corrected chi connectivity index (χ4v) is 3.40. The first-order valence-electron chi connectivity index (χ1n) is 6.79. The number of para-hydroxylation sites is 1. The molecule has 0 aromatic heterocycles. The van der Waals surface area contributed by atoms with Crippen molar-refractivity contribution in [3.63, 3.8) is 0 Å². The number of piperidine rings is 1. The number of ether oxygens (including phenoxy) is 1. The van der Waals surface area contributed by atoms with Gasteiger partial charge < -0.3 is 9.64 Å². The summed E-state index contributed by atoms with van der Waals surface area (Å²) in [4.78, 5) is 2.61. The Morgan fingerprint density at radius 3 is 3.12 bits per heavy atom. The number of hydrogen-bond acceptors (Lipinski definition) is 2. The van der Waals surface area contributed by atoms with Crippen LogP contribution in [0.15, 0.2) is 24.3 Å². The first-order valence-corrected chi connectivity index (χ1v) is 6.79. The Hall–Kier alpha value is -1.02. The van der Waals surface area contributed by atoms with Crippen LogP contribution in [-0.4, -0.2) is 31.1 Å². The van der Waals surface area contributed by atoms with Crippen LogP contribution in [0.25, 0.3) is 0 Å². The molecule has 3 rings (SSSR count). The van der Waals surface area contributed by atoms with Gasteiger partial charge in [-0.2, -0.15) is 0 Å². The third-order valence-electron chi connectivity index (χ3n) is 4.16. The van der Waals surface area contributed by atoms with Crippen molar-refractivity contribution in [3.8, 4) is 5.75 Å². The van der Waals surface area contributed by atoms with Gasteiger partial charge in [0, 0.05) is 17.5 Å². The molecule has 0 radical (unpaired) electrons. The molecule has 17 heavy (non-hydrogen) atoms. The predicted octanol–water partition coefficient (Wildman–Crippen LogP) is 2.82. The van der Waals surface area contributed by atoms with Gasteiger partial charge in [-0.25, -0.2) is 0 Å². The zero-order chi connectivity index (χ0) is 11.7. The van der Waals surface area contributed by atoms with Crippen LogP contribution in [-0.2, 0) is 5.41 Å². The van der Waals surface area contributed by atoms with Crippen LogP contribution in [0.1, 0.15) is 31.7 Å². The van der Waals surface area contributed by atoms with Crippen molar-refractivity contribution in [2.45, 2.75) is 31.6 Å². The van der Waals surface area contributed by atoms with E-state index in [1.807, 2.05) is 0 Å². The molecule has 0 aliphatic carbocycles. The molecule has 0 N–H and O–H groups in total. The summed E-state index contributed by atoms with van der Waals surface area (Å²) in [5.74, 6) is 1.12.